The van der Waals surface area contributed by atoms with E-state index in [0.29, 0.717) is 12.5 Å². The molecule has 0 radical (unpaired) electrons. The number of hydrogen-bond donors (Lipinski definition) is 1. The molecule has 0 heterocycles. The Morgan fingerprint density at radius 2 is 1.67 bits per heavy atom. The fraction of sp³-hybridized carbons (Fsp3) is 1.00. The summed E-state index contributed by atoms with van der Waals surface area (Å²) in [6.07, 6.45) is 0. The van der Waals surface area contributed by atoms with E-state index in [2.05, 4.69) is 0 Å². The zero-order valence-electron chi connectivity index (χ0n) is 4.31. The van der Waals surface area contributed by atoms with E-state index in [4.69, 9.17) is 5.11 Å². The Morgan fingerprint density at radius 1 is 1.50 bits per heavy atom. The van der Waals surface area contributed by atoms with Crippen molar-refractivity contribution in [3.63, 3.8) is 0 Å². The molecule has 0 amide bonds. The van der Waals surface area contributed by atoms with E-state index >= 15 is 0 Å². The maximum atomic E-state index is 8.14. The first-order chi connectivity index (χ1) is 2.27. The van der Waals surface area contributed by atoms with E-state index < -0.39 is 0 Å². The monoisotopic (exact) mass is 101 g/mol. The molecule has 0 bridgehead atoms. The number of aliphatic hydroxyl groups is 1. The average molecular weight is 101 g/mol. The van der Waals surface area contributed by atoms with E-state index in [9.17, 15) is 0 Å². The van der Waals surface area contributed by atoms with Crippen molar-refractivity contribution in [3.8, 4) is 0 Å². The minimum absolute atomic E-state index is 0. The minimum Gasteiger partial charge on any atom is -0.396 e. The number of aliphatic hydroxyl groups excluding tert-OH is 1. The molecule has 0 atom stereocenters. The van der Waals surface area contributed by atoms with Gasteiger partial charge in [0.25, 0.3) is 0 Å². The molecule has 0 saturated carbocycles. The maximum Gasteiger partial charge on any atom is 3.00 e. The van der Waals surface area contributed by atoms with Gasteiger partial charge in [-0.2, -0.15) is 0 Å². The van der Waals surface area contributed by atoms with Gasteiger partial charge in [-0.1, -0.05) is 13.8 Å². The second-order valence-corrected chi connectivity index (χ2v) is 1.58. The molecule has 0 aliphatic rings. The summed E-state index contributed by atoms with van der Waals surface area (Å²) in [7, 11) is 0. The first-order valence-electron chi connectivity index (χ1n) is 1.88. The Hall–Kier alpha value is 0.492. The molecule has 0 aromatic heterocycles. The van der Waals surface area contributed by atoms with Gasteiger partial charge in [0.15, 0.2) is 0 Å². The minimum atomic E-state index is 0. The molecule has 0 rings (SSSR count). The summed E-state index contributed by atoms with van der Waals surface area (Å²) in [5.41, 5.74) is 0. The van der Waals surface area contributed by atoms with Gasteiger partial charge in [0.1, 0.15) is 0 Å². The summed E-state index contributed by atoms with van der Waals surface area (Å²) in [6, 6.07) is 0. The van der Waals surface area contributed by atoms with Crippen LogP contribution in [0.2, 0.25) is 0 Å². The van der Waals surface area contributed by atoms with Gasteiger partial charge in [-0.15, -0.1) is 0 Å². The van der Waals surface area contributed by atoms with Crippen molar-refractivity contribution in [1.29, 1.82) is 0 Å². The third kappa shape index (κ3) is 8.82. The zero-order valence-corrected chi connectivity index (χ0v) is 5.46. The molecule has 0 aromatic carbocycles. The summed E-state index contributed by atoms with van der Waals surface area (Å²) in [5.74, 6) is 0.440. The van der Waals surface area contributed by atoms with Crippen LogP contribution in [-0.2, 0) is 0 Å². The van der Waals surface area contributed by atoms with Crippen LogP contribution in [0.1, 0.15) is 13.8 Å². The van der Waals surface area contributed by atoms with Crippen LogP contribution in [0.15, 0.2) is 0 Å². The van der Waals surface area contributed by atoms with Crippen LogP contribution in [0.5, 0.6) is 0 Å². The Bertz CT molecular complexity index is 21.5. The summed E-state index contributed by atoms with van der Waals surface area (Å²) in [6.45, 7) is 4.25. The fourth-order valence-electron chi connectivity index (χ4n) is 0. The largest absolute Gasteiger partial charge is 3.00 e. The molecular formula is C4H10AlO+3. The Morgan fingerprint density at radius 3 is 1.67 bits per heavy atom. The fourth-order valence-corrected chi connectivity index (χ4v) is 0. The van der Waals surface area contributed by atoms with Gasteiger partial charge in [0, 0.05) is 6.61 Å². The SMILES string of the molecule is CC(C)CO.[Al+3]. The predicted octanol–water partition coefficient (Wildman–Crippen LogP) is 0.254. The van der Waals surface area contributed by atoms with Gasteiger partial charge in [-0.25, -0.2) is 0 Å². The van der Waals surface area contributed by atoms with Gasteiger partial charge >= 0.3 is 17.4 Å². The molecule has 0 aromatic rings. The Kier molecular flexibility index (Phi) is 8.88. The molecule has 0 fully saturated rings. The third-order valence-electron chi connectivity index (χ3n) is 0.365. The first kappa shape index (κ1) is 9.70. The molecule has 6 heavy (non-hydrogen) atoms. The van der Waals surface area contributed by atoms with Gasteiger partial charge < -0.3 is 5.11 Å². The summed E-state index contributed by atoms with van der Waals surface area (Å²) < 4.78 is 0. The van der Waals surface area contributed by atoms with Gasteiger partial charge in [-0.3, -0.25) is 0 Å². The molecule has 32 valence electrons. The van der Waals surface area contributed by atoms with Crippen molar-refractivity contribution in [2.75, 3.05) is 6.61 Å². The van der Waals surface area contributed by atoms with Gasteiger partial charge in [0.2, 0.25) is 0 Å². The summed E-state index contributed by atoms with van der Waals surface area (Å²) in [5, 5.41) is 8.14. The van der Waals surface area contributed by atoms with Crippen LogP contribution in [-0.4, -0.2) is 29.1 Å². The van der Waals surface area contributed by atoms with Crippen molar-refractivity contribution in [2.45, 2.75) is 13.8 Å². The topological polar surface area (TPSA) is 20.2 Å². The first-order valence-corrected chi connectivity index (χ1v) is 1.88. The Balaban J connectivity index is 0. The van der Waals surface area contributed by atoms with E-state index in [-0.39, 0.29) is 17.4 Å². The van der Waals surface area contributed by atoms with Crippen LogP contribution < -0.4 is 0 Å². The smallest absolute Gasteiger partial charge is 0.396 e. The molecule has 1 nitrogen and oxygen atoms in total. The predicted molar refractivity (Wildman–Crippen MR) is 27.7 cm³/mol. The molecular weight excluding hydrogens is 91.0 g/mol. The molecule has 0 saturated heterocycles. The van der Waals surface area contributed by atoms with Crippen LogP contribution in [0.4, 0.5) is 0 Å². The molecule has 0 aliphatic heterocycles. The zero-order chi connectivity index (χ0) is 4.28. The van der Waals surface area contributed by atoms with Crippen molar-refractivity contribution < 1.29 is 5.11 Å². The number of hydrogen-bond acceptors (Lipinski definition) is 1. The molecule has 1 N–H and O–H groups in total. The second kappa shape index (κ2) is 5.49. The van der Waals surface area contributed by atoms with Crippen molar-refractivity contribution in [2.24, 2.45) is 5.92 Å². The summed E-state index contributed by atoms with van der Waals surface area (Å²) in [4.78, 5) is 0. The second-order valence-electron chi connectivity index (χ2n) is 1.58. The van der Waals surface area contributed by atoms with Crippen LogP contribution in [0.25, 0.3) is 0 Å². The Labute approximate surface area is 49.5 Å². The molecule has 0 unspecified atom stereocenters. The van der Waals surface area contributed by atoms with E-state index in [1.165, 1.54) is 0 Å². The van der Waals surface area contributed by atoms with E-state index in [0.717, 1.165) is 0 Å². The third-order valence-corrected chi connectivity index (χ3v) is 0.365. The molecule has 0 aliphatic carbocycles. The van der Waals surface area contributed by atoms with Crippen molar-refractivity contribution in [3.05, 3.63) is 0 Å². The average Bonchev–Trinajstić information content (AvgIpc) is 1.38. The van der Waals surface area contributed by atoms with E-state index in [1.807, 2.05) is 13.8 Å². The summed E-state index contributed by atoms with van der Waals surface area (Å²) >= 11 is 0. The van der Waals surface area contributed by atoms with Crippen molar-refractivity contribution >= 4 is 17.4 Å². The maximum absolute atomic E-state index is 8.14. The number of rotatable bonds is 1. The van der Waals surface area contributed by atoms with Crippen LogP contribution >= 0.6 is 0 Å². The quantitative estimate of drug-likeness (QED) is 0.469. The van der Waals surface area contributed by atoms with Crippen LogP contribution in [0.3, 0.4) is 0 Å². The van der Waals surface area contributed by atoms with Crippen molar-refractivity contribution in [1.82, 2.24) is 0 Å². The molecule has 0 spiro atoms. The normalized spacial score (nSPS) is 8.00. The standard InChI is InChI=1S/C4H10O.Al/c1-4(2)3-5;/h4-5H,3H2,1-2H3;/q;+3. The molecule has 2 heteroatoms. The van der Waals surface area contributed by atoms with Gasteiger partial charge in [-0.05, 0) is 5.92 Å². The van der Waals surface area contributed by atoms with Crippen LogP contribution in [0, 0.1) is 5.92 Å². The van der Waals surface area contributed by atoms with Gasteiger partial charge in [0.05, 0.1) is 0 Å². The van der Waals surface area contributed by atoms with E-state index in [1.54, 1.807) is 0 Å².